The fourth-order valence-corrected chi connectivity index (χ4v) is 12.9. The van der Waals surface area contributed by atoms with Crippen LogP contribution in [0.2, 0.25) is 0 Å². The summed E-state index contributed by atoms with van der Waals surface area (Å²) >= 11 is 0. The van der Waals surface area contributed by atoms with Crippen molar-refractivity contribution in [3.8, 4) is 11.1 Å². The van der Waals surface area contributed by atoms with Gasteiger partial charge < -0.3 is 10.6 Å². The van der Waals surface area contributed by atoms with Crippen molar-refractivity contribution in [1.82, 2.24) is 0 Å². The van der Waals surface area contributed by atoms with Crippen LogP contribution in [0.15, 0.2) is 231 Å². The Balaban J connectivity index is 1.09. The van der Waals surface area contributed by atoms with E-state index in [0.29, 0.717) is 0 Å². The Bertz CT molecular complexity index is 3660. The molecule has 0 amide bonds. The SMILES string of the molecule is CCC(C)(C)c1ccc(Nc2ccc(C(c3cccc4ccccc34)(c3ccc(-c4ccc(C(c5ccccc5)(c5ccc(Nc6ccc(C(C)(C)C)cc6)cc5)C(C)(C)C)cc4)c4ccccc34)C(C)(C)CC)cc2)cc1. The number of fused-ring (bicyclic) bond motifs is 2. The second-order valence-corrected chi connectivity index (χ2v) is 25.2. The molecule has 0 spiro atoms. The minimum atomic E-state index is -0.555. The quantitative estimate of drug-likeness (QED) is 0.100. The summed E-state index contributed by atoms with van der Waals surface area (Å²) < 4.78 is 0. The Labute approximate surface area is 467 Å². The van der Waals surface area contributed by atoms with Crippen molar-refractivity contribution < 1.29 is 0 Å². The Hall–Kier alpha value is -7.68. The van der Waals surface area contributed by atoms with Gasteiger partial charge in [-0.15, -0.1) is 0 Å². The third-order valence-corrected chi connectivity index (χ3v) is 17.9. The number of rotatable bonds is 15. The molecule has 2 unspecified atom stereocenters. The second-order valence-electron chi connectivity index (χ2n) is 25.2. The van der Waals surface area contributed by atoms with Gasteiger partial charge in [-0.1, -0.05) is 265 Å². The van der Waals surface area contributed by atoms with Crippen LogP contribution < -0.4 is 10.6 Å². The summed E-state index contributed by atoms with van der Waals surface area (Å²) in [5.41, 5.74) is 15.9. The first kappa shape index (κ1) is 53.7. The van der Waals surface area contributed by atoms with Crippen LogP contribution in [0.5, 0.6) is 0 Å². The molecular weight excluding hydrogens is 941 g/mol. The van der Waals surface area contributed by atoms with E-state index < -0.39 is 10.8 Å². The summed E-state index contributed by atoms with van der Waals surface area (Å²) in [6.07, 6.45) is 2.05. The lowest BCUT2D eigenvalue weighted by atomic mass is 9.53. The number of anilines is 4. The normalized spacial score (nSPS) is 13.9. The van der Waals surface area contributed by atoms with Gasteiger partial charge in [0, 0.05) is 28.2 Å². The van der Waals surface area contributed by atoms with Gasteiger partial charge in [0.05, 0.1) is 5.41 Å². The van der Waals surface area contributed by atoms with Gasteiger partial charge in [-0.05, 0) is 160 Å². The van der Waals surface area contributed by atoms with E-state index >= 15 is 0 Å². The molecule has 10 aromatic carbocycles. The second kappa shape index (κ2) is 20.9. The summed E-state index contributed by atoms with van der Waals surface area (Å²) in [6, 6.07) is 86.9. The van der Waals surface area contributed by atoms with Crippen molar-refractivity contribution >= 4 is 44.3 Å². The molecule has 0 radical (unpaired) electrons. The molecule has 2 atom stereocenters. The highest BCUT2D eigenvalue weighted by molar-refractivity contribution is 6.01. The number of nitrogens with one attached hydrogen (secondary N) is 2. The highest BCUT2D eigenvalue weighted by atomic mass is 14.9. The molecule has 10 rings (SSSR count). The van der Waals surface area contributed by atoms with E-state index in [1.165, 1.54) is 77.2 Å². The molecule has 0 bridgehead atoms. The third kappa shape index (κ3) is 9.63. The molecule has 0 aliphatic carbocycles. The van der Waals surface area contributed by atoms with E-state index in [4.69, 9.17) is 0 Å². The van der Waals surface area contributed by atoms with E-state index in [1.54, 1.807) is 0 Å². The molecule has 0 saturated carbocycles. The van der Waals surface area contributed by atoms with Crippen LogP contribution in [0.4, 0.5) is 22.7 Å². The fourth-order valence-electron chi connectivity index (χ4n) is 12.9. The maximum Gasteiger partial charge on any atom is 0.0514 e. The van der Waals surface area contributed by atoms with Gasteiger partial charge in [0.1, 0.15) is 0 Å². The van der Waals surface area contributed by atoms with Crippen LogP contribution in [0.1, 0.15) is 140 Å². The highest BCUT2D eigenvalue weighted by Crippen LogP contribution is 2.58. The molecule has 0 fully saturated rings. The van der Waals surface area contributed by atoms with E-state index in [0.717, 1.165) is 35.6 Å². The molecule has 2 N–H and O–H groups in total. The molecule has 78 heavy (non-hydrogen) atoms. The maximum absolute atomic E-state index is 3.75. The van der Waals surface area contributed by atoms with Gasteiger partial charge in [0.25, 0.3) is 0 Å². The highest BCUT2D eigenvalue weighted by Gasteiger charge is 2.50. The van der Waals surface area contributed by atoms with Gasteiger partial charge >= 0.3 is 0 Å². The van der Waals surface area contributed by atoms with Crippen molar-refractivity contribution in [1.29, 1.82) is 0 Å². The molecule has 0 aromatic heterocycles. The van der Waals surface area contributed by atoms with Crippen molar-refractivity contribution in [3.05, 3.63) is 275 Å². The average Bonchev–Trinajstić information content (AvgIpc) is 3.61. The fraction of sp³-hybridized carbons (Fsp3) is 0.263. The van der Waals surface area contributed by atoms with Crippen molar-refractivity contribution in [2.75, 3.05) is 10.6 Å². The first-order valence-electron chi connectivity index (χ1n) is 28.4. The summed E-state index contributed by atoms with van der Waals surface area (Å²) in [6.45, 7) is 28.2. The monoisotopic (exact) mass is 1020 g/mol. The number of benzene rings is 10. The van der Waals surface area contributed by atoms with Gasteiger partial charge in [-0.25, -0.2) is 0 Å². The molecule has 0 aliphatic heterocycles. The molecular formula is C76H80N2. The summed E-state index contributed by atoms with van der Waals surface area (Å²) in [7, 11) is 0. The topological polar surface area (TPSA) is 24.1 Å². The van der Waals surface area contributed by atoms with Crippen LogP contribution >= 0.6 is 0 Å². The van der Waals surface area contributed by atoms with Gasteiger partial charge in [-0.2, -0.15) is 0 Å². The Morgan fingerprint density at radius 1 is 0.308 bits per heavy atom. The first-order chi connectivity index (χ1) is 37.3. The summed E-state index contributed by atoms with van der Waals surface area (Å²) in [5.74, 6) is 0. The predicted octanol–water partition coefficient (Wildman–Crippen LogP) is 21.3. The van der Waals surface area contributed by atoms with Crippen molar-refractivity contribution in [2.45, 2.75) is 118 Å². The Kier molecular flexibility index (Phi) is 14.4. The van der Waals surface area contributed by atoms with Crippen LogP contribution in [0.3, 0.4) is 0 Å². The predicted molar refractivity (Wildman–Crippen MR) is 337 cm³/mol. The molecule has 0 aliphatic rings. The van der Waals surface area contributed by atoms with Crippen molar-refractivity contribution in [2.24, 2.45) is 10.8 Å². The zero-order chi connectivity index (χ0) is 55.1. The summed E-state index contributed by atoms with van der Waals surface area (Å²) in [5, 5.41) is 12.5. The minimum Gasteiger partial charge on any atom is -0.356 e. The molecule has 0 heterocycles. The zero-order valence-corrected chi connectivity index (χ0v) is 48.4. The van der Waals surface area contributed by atoms with E-state index in [1.807, 2.05) is 0 Å². The minimum absolute atomic E-state index is 0.106. The van der Waals surface area contributed by atoms with Gasteiger partial charge in [0.2, 0.25) is 0 Å². The number of hydrogen-bond donors (Lipinski definition) is 2. The van der Waals surface area contributed by atoms with E-state index in [9.17, 15) is 0 Å². The molecule has 394 valence electrons. The molecule has 0 saturated heterocycles. The largest absolute Gasteiger partial charge is 0.356 e. The lowest BCUT2D eigenvalue weighted by Crippen LogP contribution is -2.44. The maximum atomic E-state index is 3.75. The Morgan fingerprint density at radius 2 is 0.718 bits per heavy atom. The standard InChI is InChI=1S/C76H80N2/c1-13-73(9,10)56-37-45-62(46-38-56)78-64-49-41-60(42-50-64)76(74(11,12)14-2,69-30-22-24-53-23-18-19-27-66(53)69)70-52-51-65(67-28-20-21-29-68(67)70)54-31-33-58(34-32-54)75(72(6,7)8,57-25-16-15-17-26-57)59-39-47-63(48-40-59)77-61-43-35-55(36-44-61)71(3,4)5/h15-52,77-78H,13-14H2,1-12H3. The lowest BCUT2D eigenvalue weighted by molar-refractivity contribution is 0.233. The van der Waals surface area contributed by atoms with Crippen LogP contribution in [0, 0.1) is 10.8 Å². The van der Waals surface area contributed by atoms with Gasteiger partial charge in [0.15, 0.2) is 0 Å². The van der Waals surface area contributed by atoms with Crippen LogP contribution in [-0.2, 0) is 21.7 Å². The van der Waals surface area contributed by atoms with Crippen LogP contribution in [0.25, 0.3) is 32.7 Å². The Morgan fingerprint density at radius 3 is 1.22 bits per heavy atom. The molecule has 2 heteroatoms. The van der Waals surface area contributed by atoms with Crippen LogP contribution in [-0.4, -0.2) is 0 Å². The van der Waals surface area contributed by atoms with E-state index in [2.05, 4.69) is 324 Å². The van der Waals surface area contributed by atoms with Gasteiger partial charge in [-0.3, -0.25) is 0 Å². The van der Waals surface area contributed by atoms with Crippen molar-refractivity contribution in [3.63, 3.8) is 0 Å². The zero-order valence-electron chi connectivity index (χ0n) is 48.4. The average molecular weight is 1020 g/mol. The lowest BCUT2D eigenvalue weighted by Gasteiger charge is -2.49. The smallest absolute Gasteiger partial charge is 0.0514 e. The number of hydrogen-bond acceptors (Lipinski definition) is 2. The molecule has 2 nitrogen and oxygen atoms in total. The third-order valence-electron chi connectivity index (χ3n) is 17.9. The first-order valence-corrected chi connectivity index (χ1v) is 28.4. The van der Waals surface area contributed by atoms with E-state index in [-0.39, 0.29) is 21.7 Å². The summed E-state index contributed by atoms with van der Waals surface area (Å²) in [4.78, 5) is 0. The molecule has 10 aromatic rings.